The molecule has 2 aromatic rings. The molecule has 1 amide bonds. The SMILES string of the molecule is C=CCOCC(C)(C)C(=O)C(=O)N1CCCC[C@H]1C(=O)O[C@H](CCc1ccc(OC)c(OC)c1)c1cccc(OCC(=O)O)c1O. The Hall–Kier alpha value is -4.58. The number of rotatable bonds is 17. The maximum Gasteiger partial charge on any atom is 0.341 e. The van der Waals surface area contributed by atoms with Crippen LogP contribution in [0.3, 0.4) is 0 Å². The molecule has 46 heavy (non-hydrogen) atoms. The Morgan fingerprint density at radius 2 is 1.80 bits per heavy atom. The van der Waals surface area contributed by atoms with E-state index < -0.39 is 47.8 Å². The van der Waals surface area contributed by atoms with Crippen LogP contribution in [-0.4, -0.2) is 85.4 Å². The first kappa shape index (κ1) is 35.9. The topological polar surface area (TPSA) is 158 Å². The average molecular weight is 642 g/mol. The Morgan fingerprint density at radius 3 is 2.48 bits per heavy atom. The predicted octanol–water partition coefficient (Wildman–Crippen LogP) is 4.27. The standard InChI is InChI=1S/C34H43NO11/c1-6-18-44-21-34(2,3)31(39)32(40)35-17-8-7-11-24(35)33(41)46-25(15-13-22-14-16-26(42-4)28(19-22)43-5)23-10-9-12-27(30(23)38)45-20-29(36)37/h6,9-10,12,14,16,19,24-25,38H,1,7-8,11,13,15,17-18,20-21H2,2-5H3,(H,36,37)/t24-,25+/m0/s1. The van der Waals surface area contributed by atoms with Crippen molar-refractivity contribution in [3.8, 4) is 23.0 Å². The molecule has 0 radical (unpaired) electrons. The Balaban J connectivity index is 1.89. The molecule has 1 saturated heterocycles. The number of likely N-dealkylation sites (tertiary alicyclic amines) is 1. The number of benzene rings is 2. The number of para-hydroxylation sites is 1. The van der Waals surface area contributed by atoms with E-state index in [-0.39, 0.29) is 43.2 Å². The van der Waals surface area contributed by atoms with Crippen molar-refractivity contribution in [3.05, 3.63) is 60.2 Å². The summed E-state index contributed by atoms with van der Waals surface area (Å²) in [5, 5.41) is 20.1. The molecule has 0 aliphatic carbocycles. The lowest BCUT2D eigenvalue weighted by atomic mass is 9.87. The third-order valence-corrected chi connectivity index (χ3v) is 7.67. The van der Waals surface area contributed by atoms with Gasteiger partial charge in [-0.3, -0.25) is 9.59 Å². The van der Waals surface area contributed by atoms with E-state index in [9.17, 15) is 24.3 Å². The minimum Gasteiger partial charge on any atom is -0.504 e. The van der Waals surface area contributed by atoms with Crippen LogP contribution in [0.25, 0.3) is 0 Å². The fraction of sp³-hybridized carbons (Fsp3) is 0.471. The number of phenols is 1. The lowest BCUT2D eigenvalue weighted by molar-refractivity contribution is -0.165. The number of phenolic OH excluding ortho intramolecular Hbond substituents is 1. The number of carbonyl (C=O) groups is 4. The van der Waals surface area contributed by atoms with Gasteiger partial charge in [0, 0.05) is 12.1 Å². The summed E-state index contributed by atoms with van der Waals surface area (Å²) in [4.78, 5) is 52.9. The molecule has 1 aliphatic rings. The fourth-order valence-corrected chi connectivity index (χ4v) is 5.19. The summed E-state index contributed by atoms with van der Waals surface area (Å²) in [7, 11) is 3.05. The van der Waals surface area contributed by atoms with Crippen LogP contribution in [0.2, 0.25) is 0 Å². The molecule has 1 heterocycles. The zero-order valence-corrected chi connectivity index (χ0v) is 26.8. The first-order chi connectivity index (χ1) is 21.9. The maximum atomic E-state index is 13.8. The summed E-state index contributed by atoms with van der Waals surface area (Å²) < 4.78 is 27.4. The number of carbonyl (C=O) groups excluding carboxylic acids is 3. The number of hydrogen-bond acceptors (Lipinski definition) is 10. The summed E-state index contributed by atoms with van der Waals surface area (Å²) in [6.07, 6.45) is 2.65. The normalized spacial score (nSPS) is 15.4. The second-order valence-corrected chi connectivity index (χ2v) is 11.6. The van der Waals surface area contributed by atoms with E-state index in [1.54, 1.807) is 44.2 Å². The highest BCUT2D eigenvalue weighted by Crippen LogP contribution is 2.38. The molecule has 0 unspecified atom stereocenters. The van der Waals surface area contributed by atoms with Crippen LogP contribution in [0, 0.1) is 5.41 Å². The Labute approximate surface area is 268 Å². The van der Waals surface area contributed by atoms with Crippen LogP contribution in [0.15, 0.2) is 49.1 Å². The summed E-state index contributed by atoms with van der Waals surface area (Å²) in [6.45, 7) is 6.56. The van der Waals surface area contributed by atoms with Crippen molar-refractivity contribution < 1.29 is 53.1 Å². The summed E-state index contributed by atoms with van der Waals surface area (Å²) in [6, 6.07) is 8.86. The lowest BCUT2D eigenvalue weighted by Gasteiger charge is -2.36. The monoisotopic (exact) mass is 641 g/mol. The van der Waals surface area contributed by atoms with Crippen LogP contribution in [0.5, 0.6) is 23.0 Å². The first-order valence-corrected chi connectivity index (χ1v) is 15.0. The number of aliphatic carboxylic acids is 1. The van der Waals surface area contributed by atoms with Crippen molar-refractivity contribution >= 4 is 23.6 Å². The van der Waals surface area contributed by atoms with Gasteiger partial charge in [-0.25, -0.2) is 9.59 Å². The molecular weight excluding hydrogens is 598 g/mol. The molecule has 0 spiro atoms. The van der Waals surface area contributed by atoms with Gasteiger partial charge in [0.15, 0.2) is 29.6 Å². The minimum absolute atomic E-state index is 0.00430. The highest BCUT2D eigenvalue weighted by atomic mass is 16.5. The summed E-state index contributed by atoms with van der Waals surface area (Å²) in [5.41, 5.74) is -0.102. The molecule has 250 valence electrons. The number of nitrogens with zero attached hydrogens (tertiary/aromatic N) is 1. The van der Waals surface area contributed by atoms with Gasteiger partial charge in [0.2, 0.25) is 5.78 Å². The maximum absolute atomic E-state index is 13.8. The van der Waals surface area contributed by atoms with E-state index in [0.717, 1.165) is 5.56 Å². The molecule has 12 nitrogen and oxygen atoms in total. The summed E-state index contributed by atoms with van der Waals surface area (Å²) in [5.74, 6) is -2.83. The van der Waals surface area contributed by atoms with E-state index in [0.29, 0.717) is 37.2 Å². The number of aryl methyl sites for hydroxylation is 1. The van der Waals surface area contributed by atoms with Crippen LogP contribution in [-0.2, 0) is 35.1 Å². The number of carboxylic acid groups (broad SMARTS) is 1. The van der Waals surface area contributed by atoms with Gasteiger partial charge in [0.25, 0.3) is 5.91 Å². The van der Waals surface area contributed by atoms with E-state index in [1.807, 2.05) is 6.07 Å². The number of carboxylic acids is 1. The van der Waals surface area contributed by atoms with Gasteiger partial charge in [0.05, 0.1) is 32.8 Å². The number of amides is 1. The molecule has 1 aliphatic heterocycles. The molecule has 3 rings (SSSR count). The van der Waals surface area contributed by atoms with Gasteiger partial charge in [-0.05, 0) is 55.9 Å². The van der Waals surface area contributed by atoms with Crippen LogP contribution in [0.4, 0.5) is 0 Å². The number of Topliss-reactive ketones (excluding diaryl/α,β-unsaturated/α-hetero) is 1. The van der Waals surface area contributed by atoms with Crippen molar-refractivity contribution in [2.75, 3.05) is 40.6 Å². The number of methoxy groups -OCH3 is 2. The van der Waals surface area contributed by atoms with Gasteiger partial charge in [0.1, 0.15) is 12.1 Å². The zero-order valence-electron chi connectivity index (χ0n) is 26.8. The van der Waals surface area contributed by atoms with Crippen LogP contribution < -0.4 is 14.2 Å². The van der Waals surface area contributed by atoms with Crippen molar-refractivity contribution in [3.63, 3.8) is 0 Å². The van der Waals surface area contributed by atoms with Crippen LogP contribution in [0.1, 0.15) is 56.8 Å². The van der Waals surface area contributed by atoms with E-state index in [4.69, 9.17) is 28.8 Å². The van der Waals surface area contributed by atoms with Crippen LogP contribution >= 0.6 is 0 Å². The molecule has 2 N–H and O–H groups in total. The van der Waals surface area contributed by atoms with Gasteiger partial charge in [-0.2, -0.15) is 0 Å². The highest BCUT2D eigenvalue weighted by molar-refractivity contribution is 6.38. The third-order valence-electron chi connectivity index (χ3n) is 7.67. The molecule has 0 bridgehead atoms. The smallest absolute Gasteiger partial charge is 0.341 e. The fourth-order valence-electron chi connectivity index (χ4n) is 5.19. The van der Waals surface area contributed by atoms with Gasteiger partial charge in [-0.1, -0.05) is 38.1 Å². The van der Waals surface area contributed by atoms with Crippen molar-refractivity contribution in [2.24, 2.45) is 5.41 Å². The molecule has 2 aromatic carbocycles. The predicted molar refractivity (Wildman–Crippen MR) is 167 cm³/mol. The number of hydrogen-bond donors (Lipinski definition) is 2. The van der Waals surface area contributed by atoms with Crippen molar-refractivity contribution in [1.82, 2.24) is 4.90 Å². The average Bonchev–Trinajstić information content (AvgIpc) is 3.05. The number of ether oxygens (including phenoxy) is 5. The highest BCUT2D eigenvalue weighted by Gasteiger charge is 2.42. The molecule has 0 aromatic heterocycles. The Morgan fingerprint density at radius 1 is 1.07 bits per heavy atom. The van der Waals surface area contributed by atoms with Gasteiger partial charge in [-0.15, -0.1) is 6.58 Å². The van der Waals surface area contributed by atoms with E-state index >= 15 is 0 Å². The lowest BCUT2D eigenvalue weighted by Crippen LogP contribution is -2.53. The number of esters is 1. The van der Waals surface area contributed by atoms with E-state index in [2.05, 4.69) is 6.58 Å². The molecule has 0 saturated carbocycles. The molecule has 12 heteroatoms. The molecular formula is C34H43NO11. The number of piperidine rings is 1. The summed E-state index contributed by atoms with van der Waals surface area (Å²) >= 11 is 0. The van der Waals surface area contributed by atoms with Crippen molar-refractivity contribution in [1.29, 1.82) is 0 Å². The molecule has 1 fully saturated rings. The van der Waals surface area contributed by atoms with E-state index in [1.165, 1.54) is 25.2 Å². The largest absolute Gasteiger partial charge is 0.504 e. The number of ketones is 1. The van der Waals surface area contributed by atoms with Gasteiger partial charge < -0.3 is 38.8 Å². The minimum atomic E-state index is -1.23. The third kappa shape index (κ3) is 9.23. The van der Waals surface area contributed by atoms with Gasteiger partial charge >= 0.3 is 11.9 Å². The molecule has 2 atom stereocenters. The first-order valence-electron chi connectivity index (χ1n) is 15.0. The quantitative estimate of drug-likeness (QED) is 0.110. The zero-order chi connectivity index (χ0) is 33.9. The Bertz CT molecular complexity index is 1400. The Kier molecular flexibility index (Phi) is 13.0. The second-order valence-electron chi connectivity index (χ2n) is 11.6. The number of aromatic hydroxyl groups is 1. The van der Waals surface area contributed by atoms with Crippen molar-refractivity contribution in [2.45, 2.75) is 58.1 Å². The second kappa shape index (κ2) is 16.6.